The molecule has 3 aromatic rings. The summed E-state index contributed by atoms with van der Waals surface area (Å²) in [5.74, 6) is 0.328. The number of piperazine rings is 1. The van der Waals surface area contributed by atoms with E-state index in [4.69, 9.17) is 9.26 Å². The van der Waals surface area contributed by atoms with Gasteiger partial charge < -0.3 is 19.3 Å². The summed E-state index contributed by atoms with van der Waals surface area (Å²) in [4.78, 5) is 4.55. The van der Waals surface area contributed by atoms with Crippen molar-refractivity contribution in [3.63, 3.8) is 0 Å². The Labute approximate surface area is 163 Å². The summed E-state index contributed by atoms with van der Waals surface area (Å²) >= 11 is 0. The zero-order chi connectivity index (χ0) is 19.5. The number of likely N-dealkylation sites (N-methyl/N-ethyl adjacent to an activating group) is 1. The zero-order valence-corrected chi connectivity index (χ0v) is 15.8. The number of halogens is 1. The van der Waals surface area contributed by atoms with Crippen LogP contribution in [0.2, 0.25) is 0 Å². The van der Waals surface area contributed by atoms with Crippen molar-refractivity contribution >= 4 is 11.0 Å². The van der Waals surface area contributed by atoms with Crippen molar-refractivity contribution in [2.45, 2.75) is 6.10 Å². The lowest BCUT2D eigenvalue weighted by Gasteiger charge is -2.33. The minimum absolute atomic E-state index is 0.248. The van der Waals surface area contributed by atoms with Crippen LogP contribution in [0.1, 0.15) is 0 Å². The van der Waals surface area contributed by atoms with Crippen molar-refractivity contribution in [3.05, 3.63) is 48.3 Å². The first kappa shape index (κ1) is 18.9. The first-order valence-electron chi connectivity index (χ1n) is 9.45. The quantitative estimate of drug-likeness (QED) is 0.704. The summed E-state index contributed by atoms with van der Waals surface area (Å²) < 4.78 is 24.2. The monoisotopic (exact) mass is 385 g/mol. The lowest BCUT2D eigenvalue weighted by Crippen LogP contribution is -2.47. The number of fused-ring (bicyclic) bond motifs is 1. The molecule has 2 aromatic carbocycles. The Kier molecular flexibility index (Phi) is 5.57. The van der Waals surface area contributed by atoms with Crippen molar-refractivity contribution in [2.75, 3.05) is 46.4 Å². The summed E-state index contributed by atoms with van der Waals surface area (Å²) in [6.45, 7) is 4.86. The third-order valence-corrected chi connectivity index (χ3v) is 5.07. The molecule has 0 bridgehead atoms. The standard InChI is InChI=1S/C21H24FN3O3/c1-24-8-10-25(11-9-24)13-17(26)14-27-18-5-2-15(3-6-18)21-19-7-4-16(22)12-20(19)28-23-21/h2-7,12,17,26H,8-11,13-14H2,1H3/t17-/m1/s1. The van der Waals surface area contributed by atoms with Crippen molar-refractivity contribution in [1.29, 1.82) is 0 Å². The molecule has 4 rings (SSSR count). The molecule has 6 nitrogen and oxygen atoms in total. The van der Waals surface area contributed by atoms with Gasteiger partial charge in [-0.25, -0.2) is 4.39 Å². The highest BCUT2D eigenvalue weighted by Crippen LogP contribution is 2.29. The van der Waals surface area contributed by atoms with Gasteiger partial charge in [0, 0.05) is 49.7 Å². The van der Waals surface area contributed by atoms with Crippen molar-refractivity contribution < 1.29 is 18.8 Å². The Balaban J connectivity index is 1.34. The second-order valence-electron chi connectivity index (χ2n) is 7.26. The van der Waals surface area contributed by atoms with Crippen molar-refractivity contribution in [3.8, 4) is 17.0 Å². The van der Waals surface area contributed by atoms with Gasteiger partial charge in [0.2, 0.25) is 0 Å². The van der Waals surface area contributed by atoms with Crippen LogP contribution in [0.25, 0.3) is 22.2 Å². The first-order valence-corrected chi connectivity index (χ1v) is 9.45. The van der Waals surface area contributed by atoms with Gasteiger partial charge in [-0.1, -0.05) is 5.16 Å². The molecule has 1 aliphatic heterocycles. The van der Waals surface area contributed by atoms with Gasteiger partial charge in [-0.05, 0) is 43.4 Å². The summed E-state index contributed by atoms with van der Waals surface area (Å²) in [7, 11) is 2.11. The van der Waals surface area contributed by atoms with Gasteiger partial charge in [0.15, 0.2) is 5.58 Å². The number of benzene rings is 2. The van der Waals surface area contributed by atoms with Gasteiger partial charge >= 0.3 is 0 Å². The number of aliphatic hydroxyl groups excluding tert-OH is 1. The highest BCUT2D eigenvalue weighted by atomic mass is 19.1. The molecule has 148 valence electrons. The van der Waals surface area contributed by atoms with E-state index in [1.807, 2.05) is 24.3 Å². The normalized spacial score (nSPS) is 17.1. The van der Waals surface area contributed by atoms with Crippen molar-refractivity contribution in [1.82, 2.24) is 15.0 Å². The molecule has 0 radical (unpaired) electrons. The molecule has 0 aliphatic carbocycles. The maximum Gasteiger partial charge on any atom is 0.170 e. The molecule has 1 N–H and O–H groups in total. The van der Waals surface area contributed by atoms with Gasteiger partial charge in [-0.15, -0.1) is 0 Å². The average Bonchev–Trinajstić information content (AvgIpc) is 3.11. The molecule has 0 spiro atoms. The molecule has 28 heavy (non-hydrogen) atoms. The number of aliphatic hydroxyl groups is 1. The largest absolute Gasteiger partial charge is 0.491 e. The molecular weight excluding hydrogens is 361 g/mol. The van der Waals surface area contributed by atoms with Crippen LogP contribution in [0.5, 0.6) is 5.75 Å². The van der Waals surface area contributed by atoms with Crippen LogP contribution in [0.3, 0.4) is 0 Å². The third kappa shape index (κ3) is 4.32. The fourth-order valence-corrected chi connectivity index (χ4v) is 3.40. The van der Waals surface area contributed by atoms with Crippen LogP contribution < -0.4 is 4.74 Å². The lowest BCUT2D eigenvalue weighted by atomic mass is 10.1. The molecule has 1 aromatic heterocycles. The molecule has 0 saturated carbocycles. The first-order chi connectivity index (χ1) is 13.6. The Morgan fingerprint density at radius 1 is 1.14 bits per heavy atom. The molecule has 7 heteroatoms. The van der Waals surface area contributed by atoms with Gasteiger partial charge in [0.25, 0.3) is 0 Å². The second-order valence-corrected chi connectivity index (χ2v) is 7.26. The van der Waals surface area contributed by atoms with Crippen LogP contribution >= 0.6 is 0 Å². The van der Waals surface area contributed by atoms with Crippen LogP contribution in [-0.2, 0) is 0 Å². The summed E-state index contributed by atoms with van der Waals surface area (Å²) in [5.41, 5.74) is 1.94. The van der Waals surface area contributed by atoms with E-state index >= 15 is 0 Å². The van der Waals surface area contributed by atoms with E-state index in [0.29, 0.717) is 23.6 Å². The minimum Gasteiger partial charge on any atom is -0.491 e. The highest BCUT2D eigenvalue weighted by molar-refractivity contribution is 5.91. The highest BCUT2D eigenvalue weighted by Gasteiger charge is 2.17. The van der Waals surface area contributed by atoms with Crippen LogP contribution in [0, 0.1) is 5.82 Å². The van der Waals surface area contributed by atoms with Gasteiger partial charge in [-0.2, -0.15) is 0 Å². The van der Waals surface area contributed by atoms with E-state index in [9.17, 15) is 9.50 Å². The molecule has 0 unspecified atom stereocenters. The average molecular weight is 385 g/mol. The Morgan fingerprint density at radius 2 is 1.89 bits per heavy atom. The maximum atomic E-state index is 13.3. The number of nitrogens with zero attached hydrogens (tertiary/aromatic N) is 3. The number of hydrogen-bond acceptors (Lipinski definition) is 6. The summed E-state index contributed by atoms with van der Waals surface area (Å²) in [6, 6.07) is 11.8. The van der Waals surface area contributed by atoms with Gasteiger partial charge in [0.1, 0.15) is 30.0 Å². The fraction of sp³-hybridized carbons (Fsp3) is 0.381. The van der Waals surface area contributed by atoms with E-state index in [1.54, 1.807) is 6.07 Å². The predicted molar refractivity (Wildman–Crippen MR) is 105 cm³/mol. The predicted octanol–water partition coefficient (Wildman–Crippen LogP) is 2.62. The van der Waals surface area contributed by atoms with E-state index in [0.717, 1.165) is 37.1 Å². The van der Waals surface area contributed by atoms with Gasteiger partial charge in [0.05, 0.1) is 0 Å². The molecule has 0 amide bonds. The maximum absolute atomic E-state index is 13.3. The lowest BCUT2D eigenvalue weighted by molar-refractivity contribution is 0.0505. The summed E-state index contributed by atoms with van der Waals surface area (Å²) in [5, 5.41) is 15.1. The Morgan fingerprint density at radius 3 is 2.64 bits per heavy atom. The SMILES string of the molecule is CN1CCN(C[C@@H](O)COc2ccc(-c3noc4cc(F)ccc34)cc2)CC1. The Hall–Kier alpha value is -2.48. The molecule has 1 fully saturated rings. The second kappa shape index (κ2) is 8.26. The number of aromatic nitrogens is 1. The minimum atomic E-state index is -0.530. The zero-order valence-electron chi connectivity index (χ0n) is 15.8. The smallest absolute Gasteiger partial charge is 0.170 e. The Bertz CT molecular complexity index is 920. The van der Waals surface area contributed by atoms with Gasteiger partial charge in [-0.3, -0.25) is 4.90 Å². The molecule has 1 aliphatic rings. The molecule has 2 heterocycles. The summed E-state index contributed by atoms with van der Waals surface area (Å²) in [6.07, 6.45) is -0.530. The van der Waals surface area contributed by atoms with Crippen molar-refractivity contribution in [2.24, 2.45) is 0 Å². The van der Waals surface area contributed by atoms with E-state index in [1.165, 1.54) is 12.1 Å². The molecule has 1 saturated heterocycles. The number of β-amino-alcohol motifs (C(OH)–C–C–N with tert-alkyl or cyclic N) is 1. The van der Waals surface area contributed by atoms with Crippen LogP contribution in [-0.4, -0.2) is 72.5 Å². The molecular formula is C21H24FN3O3. The van der Waals surface area contributed by atoms with E-state index < -0.39 is 6.10 Å². The van der Waals surface area contributed by atoms with E-state index in [2.05, 4.69) is 22.0 Å². The van der Waals surface area contributed by atoms with Crippen LogP contribution in [0.15, 0.2) is 47.0 Å². The topological polar surface area (TPSA) is 62.0 Å². The van der Waals surface area contributed by atoms with Crippen LogP contribution in [0.4, 0.5) is 4.39 Å². The van der Waals surface area contributed by atoms with E-state index in [-0.39, 0.29) is 12.4 Å². The number of rotatable bonds is 6. The fourth-order valence-electron chi connectivity index (χ4n) is 3.40. The molecule has 1 atom stereocenters. The number of hydrogen-bond donors (Lipinski definition) is 1. The number of ether oxygens (including phenoxy) is 1. The third-order valence-electron chi connectivity index (χ3n) is 5.07.